The third-order valence-corrected chi connectivity index (χ3v) is 3.69. The fraction of sp³-hybridized carbons (Fsp3) is 0.250. The normalized spacial score (nSPS) is 10.1. The molecule has 2 aromatic carbocycles. The third-order valence-electron chi connectivity index (χ3n) is 3.69. The Balaban J connectivity index is 1.84. The largest absolute Gasteiger partial charge is 0.481 e. The second-order valence-electron chi connectivity index (χ2n) is 5.82. The van der Waals surface area contributed by atoms with Crippen molar-refractivity contribution in [1.82, 2.24) is 0 Å². The van der Waals surface area contributed by atoms with E-state index in [0.717, 1.165) is 11.1 Å². The molecule has 0 atom stereocenters. The number of ketones is 1. The van der Waals surface area contributed by atoms with Crippen LogP contribution < -0.4 is 10.1 Å². The lowest BCUT2D eigenvalue weighted by atomic mass is 10.1. The number of ether oxygens (including phenoxy) is 2. The molecule has 6 heteroatoms. The van der Waals surface area contributed by atoms with Crippen LogP contribution in [-0.2, 0) is 14.3 Å². The Morgan fingerprint density at radius 1 is 0.923 bits per heavy atom. The number of carbonyl (C=O) groups is 3. The van der Waals surface area contributed by atoms with Gasteiger partial charge in [0.2, 0.25) is 0 Å². The van der Waals surface area contributed by atoms with Crippen molar-refractivity contribution in [1.29, 1.82) is 0 Å². The number of hydrogen-bond acceptors (Lipinski definition) is 5. The van der Waals surface area contributed by atoms with E-state index >= 15 is 0 Å². The van der Waals surface area contributed by atoms with E-state index in [1.807, 2.05) is 32.0 Å². The fourth-order valence-corrected chi connectivity index (χ4v) is 2.43. The number of hydrogen-bond donors (Lipinski definition) is 1. The van der Waals surface area contributed by atoms with Crippen molar-refractivity contribution in [2.24, 2.45) is 0 Å². The number of benzene rings is 2. The summed E-state index contributed by atoms with van der Waals surface area (Å²) < 4.78 is 10.4. The third kappa shape index (κ3) is 5.17. The van der Waals surface area contributed by atoms with Crippen LogP contribution in [0.3, 0.4) is 0 Å². The number of carbonyl (C=O) groups excluding carboxylic acids is 3. The van der Waals surface area contributed by atoms with Crippen LogP contribution in [-0.4, -0.2) is 30.9 Å². The first-order valence-corrected chi connectivity index (χ1v) is 8.13. The second-order valence-corrected chi connectivity index (χ2v) is 5.82. The SMILES string of the molecule is CC(=O)c1ccccc1NC(=O)COC(=O)COc1c(C)cccc1C. The maximum Gasteiger partial charge on any atom is 0.344 e. The molecule has 0 aliphatic rings. The van der Waals surface area contributed by atoms with Crippen molar-refractivity contribution in [3.63, 3.8) is 0 Å². The van der Waals surface area contributed by atoms with E-state index in [2.05, 4.69) is 5.32 Å². The monoisotopic (exact) mass is 355 g/mol. The number of Topliss-reactive ketones (excluding diaryl/α,β-unsaturated/α-hetero) is 1. The Labute approximate surface area is 152 Å². The van der Waals surface area contributed by atoms with E-state index in [0.29, 0.717) is 17.0 Å². The Hall–Kier alpha value is -3.15. The van der Waals surface area contributed by atoms with Gasteiger partial charge in [-0.05, 0) is 44.0 Å². The number of para-hydroxylation sites is 2. The van der Waals surface area contributed by atoms with Crippen LogP contribution in [0, 0.1) is 13.8 Å². The Bertz CT molecular complexity index is 808. The van der Waals surface area contributed by atoms with Crippen LogP contribution in [0.5, 0.6) is 5.75 Å². The van der Waals surface area contributed by atoms with Gasteiger partial charge in [-0.3, -0.25) is 9.59 Å². The number of amides is 1. The number of esters is 1. The number of nitrogens with one attached hydrogen (secondary N) is 1. The van der Waals surface area contributed by atoms with Gasteiger partial charge in [0.15, 0.2) is 19.0 Å². The zero-order valence-corrected chi connectivity index (χ0v) is 15.0. The molecule has 2 aromatic rings. The number of rotatable bonds is 7. The molecule has 136 valence electrons. The van der Waals surface area contributed by atoms with Gasteiger partial charge in [0.05, 0.1) is 5.69 Å². The summed E-state index contributed by atoms with van der Waals surface area (Å²) in [7, 11) is 0. The number of anilines is 1. The summed E-state index contributed by atoms with van der Waals surface area (Å²) in [6.07, 6.45) is 0. The van der Waals surface area contributed by atoms with Crippen molar-refractivity contribution >= 4 is 23.3 Å². The van der Waals surface area contributed by atoms with E-state index in [-0.39, 0.29) is 12.4 Å². The summed E-state index contributed by atoms with van der Waals surface area (Å²) >= 11 is 0. The van der Waals surface area contributed by atoms with E-state index in [9.17, 15) is 14.4 Å². The van der Waals surface area contributed by atoms with Gasteiger partial charge in [-0.25, -0.2) is 4.79 Å². The maximum absolute atomic E-state index is 11.9. The molecule has 0 radical (unpaired) electrons. The summed E-state index contributed by atoms with van der Waals surface area (Å²) in [5.41, 5.74) is 2.60. The molecule has 0 spiro atoms. The minimum Gasteiger partial charge on any atom is -0.481 e. The van der Waals surface area contributed by atoms with Crippen molar-refractivity contribution in [2.75, 3.05) is 18.5 Å². The molecule has 0 bridgehead atoms. The van der Waals surface area contributed by atoms with Gasteiger partial charge in [0, 0.05) is 5.56 Å². The molecule has 0 saturated carbocycles. The van der Waals surface area contributed by atoms with Gasteiger partial charge < -0.3 is 14.8 Å². The predicted octanol–water partition coefficient (Wildman–Crippen LogP) is 3.07. The van der Waals surface area contributed by atoms with Crippen molar-refractivity contribution in [2.45, 2.75) is 20.8 Å². The van der Waals surface area contributed by atoms with E-state index in [4.69, 9.17) is 9.47 Å². The molecular weight excluding hydrogens is 334 g/mol. The zero-order valence-electron chi connectivity index (χ0n) is 15.0. The first-order chi connectivity index (χ1) is 12.4. The summed E-state index contributed by atoms with van der Waals surface area (Å²) in [4.78, 5) is 35.3. The quantitative estimate of drug-likeness (QED) is 0.610. The van der Waals surface area contributed by atoms with Crippen LogP contribution in [0.4, 0.5) is 5.69 Å². The summed E-state index contributed by atoms with van der Waals surface area (Å²) in [6, 6.07) is 12.3. The standard InChI is InChI=1S/C20H21NO5/c1-13-7-6-8-14(2)20(13)26-12-19(24)25-11-18(23)21-17-10-5-4-9-16(17)15(3)22/h4-10H,11-12H2,1-3H3,(H,21,23). The fourth-order valence-electron chi connectivity index (χ4n) is 2.43. The minimum absolute atomic E-state index is 0.167. The van der Waals surface area contributed by atoms with E-state index in [1.54, 1.807) is 24.3 Å². The molecule has 2 rings (SSSR count). The Morgan fingerprint density at radius 2 is 1.58 bits per heavy atom. The topological polar surface area (TPSA) is 81.7 Å². The molecule has 1 N–H and O–H groups in total. The Kier molecular flexibility index (Phi) is 6.49. The van der Waals surface area contributed by atoms with Gasteiger partial charge in [-0.15, -0.1) is 0 Å². The molecule has 0 heterocycles. The summed E-state index contributed by atoms with van der Waals surface area (Å²) in [5.74, 6) is -0.717. The minimum atomic E-state index is -0.650. The van der Waals surface area contributed by atoms with Gasteiger partial charge in [-0.1, -0.05) is 30.3 Å². The predicted molar refractivity (Wildman–Crippen MR) is 97.4 cm³/mol. The zero-order chi connectivity index (χ0) is 19.1. The van der Waals surface area contributed by atoms with Crippen LogP contribution in [0.2, 0.25) is 0 Å². The number of aryl methyl sites for hydroxylation is 2. The van der Waals surface area contributed by atoms with E-state index < -0.39 is 18.5 Å². The molecule has 0 aromatic heterocycles. The molecular formula is C20H21NO5. The molecule has 6 nitrogen and oxygen atoms in total. The molecule has 0 aliphatic carbocycles. The highest BCUT2D eigenvalue weighted by Gasteiger charge is 2.13. The maximum atomic E-state index is 11.9. The average molecular weight is 355 g/mol. The highest BCUT2D eigenvalue weighted by atomic mass is 16.6. The molecule has 0 saturated heterocycles. The molecule has 0 fully saturated rings. The molecule has 0 aliphatic heterocycles. The van der Waals surface area contributed by atoms with Crippen LogP contribution >= 0.6 is 0 Å². The molecule has 1 amide bonds. The smallest absolute Gasteiger partial charge is 0.344 e. The Morgan fingerprint density at radius 3 is 2.23 bits per heavy atom. The summed E-state index contributed by atoms with van der Waals surface area (Å²) in [6.45, 7) is 4.43. The average Bonchev–Trinajstić information content (AvgIpc) is 2.60. The molecule has 26 heavy (non-hydrogen) atoms. The second kappa shape index (κ2) is 8.80. The molecule has 0 unspecified atom stereocenters. The van der Waals surface area contributed by atoms with Gasteiger partial charge in [0.25, 0.3) is 5.91 Å². The highest BCUT2D eigenvalue weighted by molar-refractivity contribution is 6.04. The van der Waals surface area contributed by atoms with Gasteiger partial charge in [-0.2, -0.15) is 0 Å². The van der Waals surface area contributed by atoms with Crippen LogP contribution in [0.15, 0.2) is 42.5 Å². The van der Waals surface area contributed by atoms with Gasteiger partial charge in [0.1, 0.15) is 5.75 Å². The van der Waals surface area contributed by atoms with E-state index in [1.165, 1.54) is 6.92 Å². The van der Waals surface area contributed by atoms with Crippen LogP contribution in [0.1, 0.15) is 28.4 Å². The lowest BCUT2D eigenvalue weighted by molar-refractivity contribution is -0.149. The van der Waals surface area contributed by atoms with Crippen molar-refractivity contribution in [3.05, 3.63) is 59.2 Å². The lowest BCUT2D eigenvalue weighted by Crippen LogP contribution is -2.24. The summed E-state index contributed by atoms with van der Waals surface area (Å²) in [5, 5.41) is 2.56. The van der Waals surface area contributed by atoms with Gasteiger partial charge >= 0.3 is 5.97 Å². The first-order valence-electron chi connectivity index (χ1n) is 8.13. The highest BCUT2D eigenvalue weighted by Crippen LogP contribution is 2.22. The van der Waals surface area contributed by atoms with Crippen LogP contribution in [0.25, 0.3) is 0 Å². The van der Waals surface area contributed by atoms with Crippen molar-refractivity contribution < 1.29 is 23.9 Å². The van der Waals surface area contributed by atoms with Crippen molar-refractivity contribution in [3.8, 4) is 5.75 Å². The lowest BCUT2D eigenvalue weighted by Gasteiger charge is -2.12. The first kappa shape index (κ1) is 19.2.